The largest absolute Gasteiger partial charge is 0.495 e. The van der Waals surface area contributed by atoms with Crippen LogP contribution >= 0.6 is 0 Å². The zero-order chi connectivity index (χ0) is 20.1. The van der Waals surface area contributed by atoms with Gasteiger partial charge in [0, 0.05) is 11.1 Å². The van der Waals surface area contributed by atoms with E-state index in [1.165, 1.54) is 0 Å². The minimum absolute atomic E-state index is 0.0936. The maximum atomic E-state index is 13.0. The van der Waals surface area contributed by atoms with Crippen molar-refractivity contribution in [3.05, 3.63) is 96.8 Å². The maximum absolute atomic E-state index is 13.0. The van der Waals surface area contributed by atoms with E-state index in [-0.39, 0.29) is 5.82 Å². The average molecular weight is 381 g/mol. The van der Waals surface area contributed by atoms with E-state index in [4.69, 9.17) is 4.74 Å². The van der Waals surface area contributed by atoms with Crippen molar-refractivity contribution in [2.45, 2.75) is 0 Å². The number of amides is 1. The summed E-state index contributed by atoms with van der Waals surface area (Å²) >= 11 is 0. The lowest BCUT2D eigenvalue weighted by molar-refractivity contribution is 0.101. The standard InChI is InChI=1S/C24H19N3O2/c1-29-22-15-9-8-14-19(22)27-24(28)23-25-20(17-10-4-2-5-11-17)16-21(26-23)18-12-6-3-7-13-18/h2-16H,1H3,(H,27,28). The molecule has 142 valence electrons. The molecule has 0 spiro atoms. The number of hydrogen-bond acceptors (Lipinski definition) is 4. The minimum Gasteiger partial charge on any atom is -0.495 e. The van der Waals surface area contributed by atoms with Crippen molar-refractivity contribution in [2.24, 2.45) is 0 Å². The van der Waals surface area contributed by atoms with Crippen LogP contribution in [-0.4, -0.2) is 23.0 Å². The Morgan fingerprint density at radius 1 is 0.759 bits per heavy atom. The first-order valence-corrected chi connectivity index (χ1v) is 9.19. The van der Waals surface area contributed by atoms with Crippen LogP contribution in [0.5, 0.6) is 5.75 Å². The van der Waals surface area contributed by atoms with Gasteiger partial charge in [-0.3, -0.25) is 4.79 Å². The number of ether oxygens (including phenoxy) is 1. The molecule has 0 aliphatic heterocycles. The Morgan fingerprint density at radius 3 is 1.83 bits per heavy atom. The summed E-state index contributed by atoms with van der Waals surface area (Å²) in [6, 6.07) is 28.6. The van der Waals surface area contributed by atoms with E-state index in [0.29, 0.717) is 22.8 Å². The predicted octanol–water partition coefficient (Wildman–Crippen LogP) is 5.07. The van der Waals surface area contributed by atoms with E-state index in [0.717, 1.165) is 11.1 Å². The summed E-state index contributed by atoms with van der Waals surface area (Å²) in [7, 11) is 1.56. The van der Waals surface area contributed by atoms with Gasteiger partial charge in [0.1, 0.15) is 5.75 Å². The Bertz CT molecular complexity index is 1070. The average Bonchev–Trinajstić information content (AvgIpc) is 2.80. The molecule has 5 nitrogen and oxygen atoms in total. The summed E-state index contributed by atoms with van der Waals surface area (Å²) in [6.45, 7) is 0. The van der Waals surface area contributed by atoms with Crippen LogP contribution in [0.1, 0.15) is 10.6 Å². The van der Waals surface area contributed by atoms with Crippen LogP contribution in [-0.2, 0) is 0 Å². The van der Waals surface area contributed by atoms with Crippen LogP contribution in [0, 0.1) is 0 Å². The van der Waals surface area contributed by atoms with E-state index in [9.17, 15) is 4.79 Å². The second-order valence-electron chi connectivity index (χ2n) is 6.35. The van der Waals surface area contributed by atoms with Crippen molar-refractivity contribution in [2.75, 3.05) is 12.4 Å². The zero-order valence-electron chi connectivity index (χ0n) is 15.9. The molecule has 1 N–H and O–H groups in total. The molecular formula is C24H19N3O2. The van der Waals surface area contributed by atoms with E-state index < -0.39 is 5.91 Å². The molecule has 3 aromatic carbocycles. The number of carbonyl (C=O) groups is 1. The number of methoxy groups -OCH3 is 1. The Kier molecular flexibility index (Phi) is 5.29. The van der Waals surface area contributed by atoms with Gasteiger partial charge in [-0.05, 0) is 18.2 Å². The van der Waals surface area contributed by atoms with E-state index >= 15 is 0 Å². The number of benzene rings is 3. The summed E-state index contributed by atoms with van der Waals surface area (Å²) in [6.07, 6.45) is 0. The summed E-state index contributed by atoms with van der Waals surface area (Å²) in [4.78, 5) is 22.0. The maximum Gasteiger partial charge on any atom is 0.293 e. The normalized spacial score (nSPS) is 10.4. The van der Waals surface area contributed by atoms with E-state index in [1.807, 2.05) is 78.9 Å². The molecule has 0 saturated heterocycles. The number of anilines is 1. The predicted molar refractivity (Wildman–Crippen MR) is 114 cm³/mol. The first-order valence-electron chi connectivity index (χ1n) is 9.19. The van der Waals surface area contributed by atoms with Crippen molar-refractivity contribution >= 4 is 11.6 Å². The van der Waals surface area contributed by atoms with Gasteiger partial charge >= 0.3 is 0 Å². The van der Waals surface area contributed by atoms with Gasteiger partial charge in [0.05, 0.1) is 24.2 Å². The first kappa shape index (κ1) is 18.4. The second-order valence-corrected chi connectivity index (χ2v) is 6.35. The molecule has 0 atom stereocenters. The van der Waals surface area contributed by atoms with Crippen LogP contribution in [0.3, 0.4) is 0 Å². The summed E-state index contributed by atoms with van der Waals surface area (Å²) in [5.41, 5.74) is 3.76. The molecule has 0 saturated carbocycles. The van der Waals surface area contributed by atoms with Gasteiger partial charge in [-0.1, -0.05) is 72.8 Å². The smallest absolute Gasteiger partial charge is 0.293 e. The van der Waals surface area contributed by atoms with Gasteiger partial charge in [0.15, 0.2) is 0 Å². The Hall–Kier alpha value is -3.99. The summed E-state index contributed by atoms with van der Waals surface area (Å²) < 4.78 is 5.31. The number of hydrogen-bond donors (Lipinski definition) is 1. The fraction of sp³-hybridized carbons (Fsp3) is 0.0417. The minimum atomic E-state index is -0.399. The monoisotopic (exact) mass is 381 g/mol. The lowest BCUT2D eigenvalue weighted by atomic mass is 10.1. The number of nitrogens with one attached hydrogen (secondary N) is 1. The molecule has 0 bridgehead atoms. The third-order valence-electron chi connectivity index (χ3n) is 4.42. The van der Waals surface area contributed by atoms with Crippen LogP contribution in [0.15, 0.2) is 91.0 Å². The van der Waals surface area contributed by atoms with E-state index in [2.05, 4.69) is 15.3 Å². The van der Waals surface area contributed by atoms with Crippen molar-refractivity contribution < 1.29 is 9.53 Å². The van der Waals surface area contributed by atoms with Gasteiger partial charge in [-0.15, -0.1) is 0 Å². The SMILES string of the molecule is COc1ccccc1NC(=O)c1nc(-c2ccccc2)cc(-c2ccccc2)n1. The van der Waals surface area contributed by atoms with Crippen molar-refractivity contribution in [3.8, 4) is 28.3 Å². The number of rotatable bonds is 5. The molecule has 4 rings (SSSR count). The Labute approximate surface area is 169 Å². The highest BCUT2D eigenvalue weighted by Crippen LogP contribution is 2.26. The molecule has 0 radical (unpaired) electrons. The van der Waals surface area contributed by atoms with Crippen molar-refractivity contribution in [1.29, 1.82) is 0 Å². The van der Waals surface area contributed by atoms with Crippen molar-refractivity contribution in [1.82, 2.24) is 9.97 Å². The molecule has 4 aromatic rings. The second kappa shape index (κ2) is 8.35. The fourth-order valence-corrected chi connectivity index (χ4v) is 2.99. The van der Waals surface area contributed by atoms with Crippen LogP contribution in [0.4, 0.5) is 5.69 Å². The van der Waals surface area contributed by atoms with Gasteiger partial charge in [-0.25, -0.2) is 9.97 Å². The molecule has 29 heavy (non-hydrogen) atoms. The third-order valence-corrected chi connectivity index (χ3v) is 4.42. The third kappa shape index (κ3) is 4.14. The lowest BCUT2D eigenvalue weighted by Crippen LogP contribution is -2.17. The van der Waals surface area contributed by atoms with Crippen LogP contribution < -0.4 is 10.1 Å². The molecule has 5 heteroatoms. The summed E-state index contributed by atoms with van der Waals surface area (Å²) in [5.74, 6) is 0.268. The number of para-hydroxylation sites is 2. The zero-order valence-corrected chi connectivity index (χ0v) is 15.9. The Balaban J connectivity index is 1.77. The molecular weight excluding hydrogens is 362 g/mol. The number of carbonyl (C=O) groups excluding carboxylic acids is 1. The molecule has 1 amide bonds. The highest BCUT2D eigenvalue weighted by atomic mass is 16.5. The number of aromatic nitrogens is 2. The molecule has 1 aromatic heterocycles. The van der Waals surface area contributed by atoms with Crippen LogP contribution in [0.2, 0.25) is 0 Å². The Morgan fingerprint density at radius 2 is 1.28 bits per heavy atom. The highest BCUT2D eigenvalue weighted by Gasteiger charge is 2.16. The molecule has 1 heterocycles. The molecule has 0 aliphatic carbocycles. The van der Waals surface area contributed by atoms with Gasteiger partial charge in [0.2, 0.25) is 5.82 Å². The van der Waals surface area contributed by atoms with Gasteiger partial charge < -0.3 is 10.1 Å². The molecule has 0 aliphatic rings. The van der Waals surface area contributed by atoms with Gasteiger partial charge in [-0.2, -0.15) is 0 Å². The highest BCUT2D eigenvalue weighted by molar-refractivity contribution is 6.03. The quantitative estimate of drug-likeness (QED) is 0.524. The van der Waals surface area contributed by atoms with Crippen molar-refractivity contribution in [3.63, 3.8) is 0 Å². The molecule has 0 fully saturated rings. The summed E-state index contributed by atoms with van der Waals surface area (Å²) in [5, 5.41) is 2.85. The number of nitrogens with zero attached hydrogens (tertiary/aromatic N) is 2. The first-order chi connectivity index (χ1) is 14.2. The van der Waals surface area contributed by atoms with E-state index in [1.54, 1.807) is 19.2 Å². The molecule has 0 unspecified atom stereocenters. The van der Waals surface area contributed by atoms with Crippen LogP contribution in [0.25, 0.3) is 22.5 Å². The topological polar surface area (TPSA) is 64.1 Å². The lowest BCUT2D eigenvalue weighted by Gasteiger charge is -2.11. The van der Waals surface area contributed by atoms with Gasteiger partial charge in [0.25, 0.3) is 5.91 Å². The fourth-order valence-electron chi connectivity index (χ4n) is 2.99.